The van der Waals surface area contributed by atoms with Gasteiger partial charge in [0, 0.05) is 0 Å². The van der Waals surface area contributed by atoms with Crippen LogP contribution in [0.5, 0.6) is 0 Å². The normalized spacial score (nSPS) is 32.7. The van der Waals surface area contributed by atoms with Gasteiger partial charge in [-0.3, -0.25) is 4.90 Å². The van der Waals surface area contributed by atoms with Gasteiger partial charge in [0.15, 0.2) is 0 Å². The molecule has 0 aliphatic carbocycles. The maximum Gasteiger partial charge on any atom is 0.411 e. The van der Waals surface area contributed by atoms with Crippen LogP contribution in [0.1, 0.15) is 33.6 Å². The van der Waals surface area contributed by atoms with Gasteiger partial charge in [-0.2, -0.15) is 0 Å². The van der Waals surface area contributed by atoms with Gasteiger partial charge in [-0.25, -0.2) is 4.79 Å². The van der Waals surface area contributed by atoms with Crippen LogP contribution in [0.25, 0.3) is 0 Å². The van der Waals surface area contributed by atoms with E-state index >= 15 is 0 Å². The van der Waals surface area contributed by atoms with E-state index in [0.717, 1.165) is 12.8 Å². The van der Waals surface area contributed by atoms with Gasteiger partial charge in [-0.15, -0.1) is 0 Å². The van der Waals surface area contributed by atoms with Crippen molar-refractivity contribution in [3.05, 3.63) is 0 Å². The zero-order valence-electron chi connectivity index (χ0n) is 10.7. The highest BCUT2D eigenvalue weighted by molar-refractivity contribution is 5.70. The molecule has 2 unspecified atom stereocenters. The summed E-state index contributed by atoms with van der Waals surface area (Å²) < 4.78 is 10.9. The largest absolute Gasteiger partial charge is 0.444 e. The highest BCUT2D eigenvalue weighted by atomic mass is 16.6. The van der Waals surface area contributed by atoms with Crippen molar-refractivity contribution >= 4 is 6.09 Å². The van der Waals surface area contributed by atoms with E-state index in [2.05, 4.69) is 0 Å². The maximum atomic E-state index is 12.2. The molecule has 1 amide bonds. The number of carbonyl (C=O) groups is 1. The molecule has 0 spiro atoms. The highest BCUT2D eigenvalue weighted by Crippen LogP contribution is 2.38. The fraction of sp³-hybridized carbons (Fsp3) is 0.917. The molecule has 0 radical (unpaired) electrons. The summed E-state index contributed by atoms with van der Waals surface area (Å²) in [5.41, 5.74) is -1.07. The van der Waals surface area contributed by atoms with E-state index in [9.17, 15) is 9.90 Å². The second-order valence-electron chi connectivity index (χ2n) is 5.94. The molecule has 0 aromatic heterocycles. The first-order valence-corrected chi connectivity index (χ1v) is 6.09. The minimum Gasteiger partial charge on any atom is -0.444 e. The molecular formula is C12H21NO4. The molecule has 17 heavy (non-hydrogen) atoms. The SMILES string of the molecule is CC(C)(C)OC(=O)N1C2CCC1(CO)COC2. The van der Waals surface area contributed by atoms with Crippen molar-refractivity contribution in [3.8, 4) is 0 Å². The number of aliphatic hydroxyl groups excluding tert-OH is 1. The van der Waals surface area contributed by atoms with Crippen LogP contribution in [0.15, 0.2) is 0 Å². The molecule has 0 aromatic carbocycles. The van der Waals surface area contributed by atoms with E-state index < -0.39 is 11.1 Å². The summed E-state index contributed by atoms with van der Waals surface area (Å²) >= 11 is 0. The number of hydrogen-bond acceptors (Lipinski definition) is 4. The number of morpholine rings is 1. The molecule has 5 heteroatoms. The van der Waals surface area contributed by atoms with Gasteiger partial charge in [0.2, 0.25) is 0 Å². The number of amides is 1. The molecule has 5 nitrogen and oxygen atoms in total. The van der Waals surface area contributed by atoms with E-state index in [4.69, 9.17) is 9.47 Å². The van der Waals surface area contributed by atoms with Crippen molar-refractivity contribution in [1.29, 1.82) is 0 Å². The summed E-state index contributed by atoms with van der Waals surface area (Å²) in [5.74, 6) is 0. The van der Waals surface area contributed by atoms with E-state index in [0.29, 0.717) is 13.2 Å². The Hall–Kier alpha value is -0.810. The number of nitrogens with zero attached hydrogens (tertiary/aromatic N) is 1. The smallest absolute Gasteiger partial charge is 0.411 e. The number of aliphatic hydroxyl groups is 1. The Balaban J connectivity index is 2.16. The summed E-state index contributed by atoms with van der Waals surface area (Å²) in [6, 6.07) is 0.0470. The number of fused-ring (bicyclic) bond motifs is 2. The summed E-state index contributed by atoms with van der Waals surface area (Å²) in [6.45, 7) is 6.42. The quantitative estimate of drug-likeness (QED) is 0.750. The number of ether oxygens (including phenoxy) is 2. The monoisotopic (exact) mass is 243 g/mol. The molecule has 2 heterocycles. The highest BCUT2D eigenvalue weighted by Gasteiger charge is 2.53. The third-order valence-corrected chi connectivity index (χ3v) is 3.38. The summed E-state index contributed by atoms with van der Waals surface area (Å²) in [7, 11) is 0. The Labute approximate surface area is 102 Å². The zero-order valence-corrected chi connectivity index (χ0v) is 10.7. The third-order valence-electron chi connectivity index (χ3n) is 3.38. The molecule has 2 aliphatic heterocycles. The van der Waals surface area contributed by atoms with Gasteiger partial charge in [0.25, 0.3) is 0 Å². The van der Waals surface area contributed by atoms with Crippen LogP contribution in [0.3, 0.4) is 0 Å². The lowest BCUT2D eigenvalue weighted by Crippen LogP contribution is -2.60. The summed E-state index contributed by atoms with van der Waals surface area (Å²) in [4.78, 5) is 13.9. The van der Waals surface area contributed by atoms with Crippen LogP contribution < -0.4 is 0 Å². The van der Waals surface area contributed by atoms with Crippen LogP contribution in [0.4, 0.5) is 4.79 Å². The Morgan fingerprint density at radius 2 is 2.29 bits per heavy atom. The molecule has 2 fully saturated rings. The lowest BCUT2D eigenvalue weighted by atomic mass is 9.99. The second kappa shape index (κ2) is 4.14. The van der Waals surface area contributed by atoms with E-state index in [1.807, 2.05) is 20.8 Å². The molecule has 2 saturated heterocycles. The topological polar surface area (TPSA) is 59.0 Å². The Kier molecular flexibility index (Phi) is 3.08. The van der Waals surface area contributed by atoms with Crippen molar-refractivity contribution in [2.75, 3.05) is 19.8 Å². The van der Waals surface area contributed by atoms with E-state index in [1.165, 1.54) is 0 Å². The second-order valence-corrected chi connectivity index (χ2v) is 5.94. The summed E-state index contributed by atoms with van der Waals surface area (Å²) in [5, 5.41) is 9.56. The van der Waals surface area contributed by atoms with Crippen LogP contribution in [0.2, 0.25) is 0 Å². The van der Waals surface area contributed by atoms with Crippen LogP contribution in [-0.2, 0) is 9.47 Å². The average Bonchev–Trinajstić information content (AvgIpc) is 2.44. The lowest BCUT2D eigenvalue weighted by Gasteiger charge is -2.43. The van der Waals surface area contributed by atoms with Crippen LogP contribution in [0, 0.1) is 0 Å². The van der Waals surface area contributed by atoms with Gasteiger partial charge < -0.3 is 14.6 Å². The first-order chi connectivity index (χ1) is 7.88. The van der Waals surface area contributed by atoms with Gasteiger partial charge in [-0.1, -0.05) is 0 Å². The van der Waals surface area contributed by atoms with Crippen molar-refractivity contribution in [2.45, 2.75) is 50.8 Å². The third kappa shape index (κ3) is 2.26. The van der Waals surface area contributed by atoms with Gasteiger partial charge in [0.05, 0.1) is 31.4 Å². The van der Waals surface area contributed by atoms with Gasteiger partial charge in [0.1, 0.15) is 5.60 Å². The predicted octanol–water partition coefficient (Wildman–Crippen LogP) is 1.15. The maximum absolute atomic E-state index is 12.2. The van der Waals surface area contributed by atoms with Gasteiger partial charge >= 0.3 is 6.09 Å². The van der Waals surface area contributed by atoms with E-state index in [-0.39, 0.29) is 18.7 Å². The average molecular weight is 243 g/mol. The first kappa shape index (κ1) is 12.6. The molecule has 2 rings (SSSR count). The minimum atomic E-state index is -0.564. The Morgan fingerprint density at radius 1 is 1.59 bits per heavy atom. The minimum absolute atomic E-state index is 0.0470. The van der Waals surface area contributed by atoms with Gasteiger partial charge in [-0.05, 0) is 33.6 Å². The fourth-order valence-electron chi connectivity index (χ4n) is 2.61. The van der Waals surface area contributed by atoms with E-state index in [1.54, 1.807) is 4.90 Å². The number of hydrogen-bond donors (Lipinski definition) is 1. The molecule has 2 bridgehead atoms. The standard InChI is InChI=1S/C12H21NO4/c1-11(2,3)17-10(15)13-9-4-5-12(13,7-14)8-16-6-9/h9,14H,4-8H2,1-3H3. The molecule has 98 valence electrons. The lowest BCUT2D eigenvalue weighted by molar-refractivity contribution is -0.0903. The molecule has 2 atom stereocenters. The molecule has 0 saturated carbocycles. The first-order valence-electron chi connectivity index (χ1n) is 6.09. The Bertz CT molecular complexity index is 308. The predicted molar refractivity (Wildman–Crippen MR) is 61.7 cm³/mol. The van der Waals surface area contributed by atoms with Crippen LogP contribution >= 0.6 is 0 Å². The molecule has 2 aliphatic rings. The number of rotatable bonds is 1. The Morgan fingerprint density at radius 3 is 2.88 bits per heavy atom. The summed E-state index contributed by atoms with van der Waals surface area (Å²) in [6.07, 6.45) is 1.32. The zero-order chi connectivity index (χ0) is 12.7. The van der Waals surface area contributed by atoms with Crippen molar-refractivity contribution in [2.24, 2.45) is 0 Å². The van der Waals surface area contributed by atoms with Crippen LogP contribution in [-0.4, -0.2) is 53.1 Å². The molecule has 1 N–H and O–H groups in total. The molecular weight excluding hydrogens is 222 g/mol. The van der Waals surface area contributed by atoms with Crippen molar-refractivity contribution in [3.63, 3.8) is 0 Å². The fourth-order valence-corrected chi connectivity index (χ4v) is 2.61. The molecule has 0 aromatic rings. The van der Waals surface area contributed by atoms with Crippen molar-refractivity contribution < 1.29 is 19.4 Å². The number of carbonyl (C=O) groups excluding carboxylic acids is 1. The van der Waals surface area contributed by atoms with Crippen molar-refractivity contribution in [1.82, 2.24) is 4.90 Å².